The third-order valence-corrected chi connectivity index (χ3v) is 7.25. The molecule has 0 unspecified atom stereocenters. The van der Waals surface area contributed by atoms with Gasteiger partial charge in [-0.3, -0.25) is 9.93 Å². The molecule has 2 aliphatic heterocycles. The van der Waals surface area contributed by atoms with Crippen LogP contribution in [0.3, 0.4) is 0 Å². The van der Waals surface area contributed by atoms with Gasteiger partial charge in [0.2, 0.25) is 5.91 Å². The molecule has 0 bridgehead atoms. The normalized spacial score (nSPS) is 17.8. The van der Waals surface area contributed by atoms with Crippen LogP contribution in [-0.4, -0.2) is 25.0 Å². The van der Waals surface area contributed by atoms with Crippen molar-refractivity contribution in [3.8, 4) is 11.1 Å². The number of carbonyl (C=O) groups is 1. The summed E-state index contributed by atoms with van der Waals surface area (Å²) in [5, 5.41) is 5.58. The SMILES string of the molecule is C[C@H]1Cc2cc(F)c(SN)cc2N1C(=O)C1CN(c2ccc(-c3ccccc3C(F)F)cc2)C1. The van der Waals surface area contributed by atoms with Crippen molar-refractivity contribution in [2.45, 2.75) is 30.7 Å². The van der Waals surface area contributed by atoms with Gasteiger partial charge in [0, 0.05) is 36.1 Å². The van der Waals surface area contributed by atoms with Crippen molar-refractivity contribution in [3.05, 3.63) is 77.6 Å². The molecular formula is C26H24F3N3OS. The van der Waals surface area contributed by atoms with Gasteiger partial charge >= 0.3 is 0 Å². The lowest BCUT2D eigenvalue weighted by molar-refractivity contribution is -0.123. The van der Waals surface area contributed by atoms with Crippen molar-refractivity contribution >= 4 is 29.2 Å². The molecule has 1 saturated heterocycles. The fourth-order valence-electron chi connectivity index (χ4n) is 4.89. The molecule has 0 aliphatic carbocycles. The van der Waals surface area contributed by atoms with Crippen LogP contribution in [0.15, 0.2) is 65.6 Å². The topological polar surface area (TPSA) is 49.6 Å². The predicted molar refractivity (Wildman–Crippen MR) is 130 cm³/mol. The lowest BCUT2D eigenvalue weighted by atomic mass is 9.95. The first kappa shape index (κ1) is 22.8. The molecule has 1 atom stereocenters. The number of carbonyl (C=O) groups excluding carboxylic acids is 1. The van der Waals surface area contributed by atoms with E-state index in [2.05, 4.69) is 4.90 Å². The number of benzene rings is 3. The Balaban J connectivity index is 1.28. The number of anilines is 2. The van der Waals surface area contributed by atoms with Gasteiger partial charge in [-0.05, 0) is 66.2 Å². The molecule has 4 nitrogen and oxygen atoms in total. The Morgan fingerprint density at radius 1 is 1.09 bits per heavy atom. The first-order valence-corrected chi connectivity index (χ1v) is 12.0. The number of nitrogens with zero attached hydrogens (tertiary/aromatic N) is 2. The highest BCUT2D eigenvalue weighted by Gasteiger charge is 2.40. The van der Waals surface area contributed by atoms with E-state index in [1.807, 2.05) is 31.2 Å². The van der Waals surface area contributed by atoms with Gasteiger partial charge in [-0.25, -0.2) is 13.2 Å². The Morgan fingerprint density at radius 2 is 1.79 bits per heavy atom. The molecule has 3 aromatic carbocycles. The van der Waals surface area contributed by atoms with E-state index < -0.39 is 6.43 Å². The van der Waals surface area contributed by atoms with E-state index in [0.717, 1.165) is 34.4 Å². The van der Waals surface area contributed by atoms with Gasteiger partial charge in [0.25, 0.3) is 6.43 Å². The predicted octanol–water partition coefficient (Wildman–Crippen LogP) is 5.81. The molecule has 1 amide bonds. The molecule has 8 heteroatoms. The number of rotatable bonds is 5. The van der Waals surface area contributed by atoms with Gasteiger partial charge in [-0.2, -0.15) is 0 Å². The third kappa shape index (κ3) is 3.95. The lowest BCUT2D eigenvalue weighted by Crippen LogP contribution is -2.55. The number of fused-ring (bicyclic) bond motifs is 1. The maximum Gasteiger partial charge on any atom is 0.264 e. The number of hydrogen-bond acceptors (Lipinski definition) is 4. The van der Waals surface area contributed by atoms with Crippen molar-refractivity contribution in [1.29, 1.82) is 0 Å². The molecule has 0 spiro atoms. The van der Waals surface area contributed by atoms with Crippen LogP contribution < -0.4 is 14.9 Å². The Bertz CT molecular complexity index is 1230. The number of alkyl halides is 2. The highest BCUT2D eigenvalue weighted by atomic mass is 32.2. The summed E-state index contributed by atoms with van der Waals surface area (Å²) in [6, 6.07) is 17.1. The average Bonchev–Trinajstić information content (AvgIpc) is 3.12. The summed E-state index contributed by atoms with van der Waals surface area (Å²) in [7, 11) is 0. The van der Waals surface area contributed by atoms with E-state index in [9.17, 15) is 18.0 Å². The zero-order valence-corrected chi connectivity index (χ0v) is 19.4. The minimum atomic E-state index is -2.54. The number of hydrogen-bond donors (Lipinski definition) is 1. The van der Waals surface area contributed by atoms with Gasteiger partial charge in [-0.1, -0.05) is 36.4 Å². The third-order valence-electron chi connectivity index (χ3n) is 6.68. The fraction of sp³-hybridized carbons (Fsp3) is 0.269. The van der Waals surface area contributed by atoms with Crippen LogP contribution in [0, 0.1) is 11.7 Å². The van der Waals surface area contributed by atoms with Gasteiger partial charge in [0.05, 0.1) is 10.8 Å². The highest BCUT2D eigenvalue weighted by Crippen LogP contribution is 2.39. The van der Waals surface area contributed by atoms with Gasteiger partial charge in [0.15, 0.2) is 0 Å². The quantitative estimate of drug-likeness (QED) is 0.466. The minimum Gasteiger partial charge on any atom is -0.370 e. The summed E-state index contributed by atoms with van der Waals surface area (Å²) >= 11 is 0.841. The fourth-order valence-corrected chi connectivity index (χ4v) is 5.24. The molecule has 0 aromatic heterocycles. The molecule has 34 heavy (non-hydrogen) atoms. The molecule has 5 rings (SSSR count). The molecule has 2 aliphatic rings. The molecule has 2 N–H and O–H groups in total. The smallest absolute Gasteiger partial charge is 0.264 e. The summed E-state index contributed by atoms with van der Waals surface area (Å²) in [5.41, 5.74) is 3.78. The van der Waals surface area contributed by atoms with E-state index in [4.69, 9.17) is 5.14 Å². The Morgan fingerprint density at radius 3 is 2.47 bits per heavy atom. The first-order valence-electron chi connectivity index (χ1n) is 11.1. The summed E-state index contributed by atoms with van der Waals surface area (Å²) in [6.07, 6.45) is -1.92. The van der Waals surface area contributed by atoms with E-state index in [0.29, 0.717) is 30.0 Å². The van der Waals surface area contributed by atoms with Crippen LogP contribution in [0.2, 0.25) is 0 Å². The molecule has 1 fully saturated rings. The minimum absolute atomic E-state index is 0.0148. The van der Waals surface area contributed by atoms with Crippen molar-refractivity contribution < 1.29 is 18.0 Å². The van der Waals surface area contributed by atoms with Crippen LogP contribution in [0.4, 0.5) is 24.5 Å². The Labute approximate surface area is 200 Å². The number of halogens is 3. The van der Waals surface area contributed by atoms with Crippen molar-refractivity contribution in [2.75, 3.05) is 22.9 Å². The van der Waals surface area contributed by atoms with E-state index in [1.165, 1.54) is 12.1 Å². The summed E-state index contributed by atoms with van der Waals surface area (Å²) < 4.78 is 40.8. The zero-order chi connectivity index (χ0) is 24.0. The highest BCUT2D eigenvalue weighted by molar-refractivity contribution is 7.97. The van der Waals surface area contributed by atoms with Crippen LogP contribution in [-0.2, 0) is 11.2 Å². The van der Waals surface area contributed by atoms with E-state index in [1.54, 1.807) is 29.2 Å². The summed E-state index contributed by atoms with van der Waals surface area (Å²) in [5.74, 6) is -0.488. The molecular weight excluding hydrogens is 459 g/mol. The van der Waals surface area contributed by atoms with Crippen molar-refractivity contribution in [3.63, 3.8) is 0 Å². The van der Waals surface area contributed by atoms with Crippen LogP contribution >= 0.6 is 11.9 Å². The molecule has 3 aromatic rings. The lowest BCUT2D eigenvalue weighted by Gasteiger charge is -2.42. The van der Waals surface area contributed by atoms with Gasteiger partial charge in [-0.15, -0.1) is 0 Å². The second-order valence-electron chi connectivity index (χ2n) is 8.83. The number of nitrogens with two attached hydrogens (primary N) is 1. The maximum absolute atomic E-state index is 14.1. The second-order valence-corrected chi connectivity index (χ2v) is 9.50. The number of amides is 1. The monoisotopic (exact) mass is 483 g/mol. The first-order chi connectivity index (χ1) is 16.4. The van der Waals surface area contributed by atoms with E-state index >= 15 is 0 Å². The van der Waals surface area contributed by atoms with E-state index in [-0.39, 0.29) is 29.2 Å². The van der Waals surface area contributed by atoms with Crippen molar-refractivity contribution in [2.24, 2.45) is 11.1 Å². The molecule has 2 heterocycles. The summed E-state index contributed by atoms with van der Waals surface area (Å²) in [6.45, 7) is 3.12. The van der Waals surface area contributed by atoms with Crippen molar-refractivity contribution in [1.82, 2.24) is 0 Å². The zero-order valence-electron chi connectivity index (χ0n) is 18.5. The van der Waals surface area contributed by atoms with Crippen LogP contribution in [0.5, 0.6) is 0 Å². The second kappa shape index (κ2) is 9.00. The maximum atomic E-state index is 14.1. The molecule has 0 radical (unpaired) electrons. The van der Waals surface area contributed by atoms with Crippen LogP contribution in [0.1, 0.15) is 24.5 Å². The molecule has 0 saturated carbocycles. The Hall–Kier alpha value is -2.97. The Kier molecular flexibility index (Phi) is 6.04. The van der Waals surface area contributed by atoms with Gasteiger partial charge < -0.3 is 9.80 Å². The average molecular weight is 484 g/mol. The van der Waals surface area contributed by atoms with Crippen LogP contribution in [0.25, 0.3) is 11.1 Å². The largest absolute Gasteiger partial charge is 0.370 e. The summed E-state index contributed by atoms with van der Waals surface area (Å²) in [4.78, 5) is 17.5. The van der Waals surface area contributed by atoms with Gasteiger partial charge in [0.1, 0.15) is 5.82 Å². The standard InChI is InChI=1S/C26H24F3N3OS/c1-15-10-17-11-22(27)24(34-30)12-23(17)32(15)26(33)18-13-31(14-18)19-8-6-16(7-9-19)20-4-2-3-5-21(20)25(28)29/h2-9,11-12,15,18,25H,10,13-14,30H2,1H3/t15-/m0/s1. The molecule has 176 valence electrons.